The van der Waals surface area contributed by atoms with E-state index < -0.39 is 21.3 Å². The Hall–Kier alpha value is -1.65. The molecular weight excluding hydrogens is 289 g/mol. The molecule has 2 rings (SSSR count). The first-order chi connectivity index (χ1) is 8.11. The van der Waals surface area contributed by atoms with E-state index in [-0.39, 0.29) is 17.3 Å². The number of nitrogens with zero attached hydrogens (tertiary/aromatic N) is 1. The van der Waals surface area contributed by atoms with Crippen molar-refractivity contribution >= 4 is 33.1 Å². The predicted octanol–water partition coefficient (Wildman–Crippen LogP) is 0.422. The second kappa shape index (κ2) is 4.69. The Balaban J connectivity index is 2.11. The van der Waals surface area contributed by atoms with Crippen LogP contribution in [0.1, 0.15) is 27.6 Å². The van der Waals surface area contributed by atoms with Crippen LogP contribution in [0.4, 0.5) is 0 Å². The zero-order valence-corrected chi connectivity index (χ0v) is 10.7. The summed E-state index contributed by atoms with van der Waals surface area (Å²) in [5, 5.41) is 0. The molecule has 2 amide bonds. The van der Waals surface area contributed by atoms with Crippen LogP contribution in [0.15, 0.2) is 24.3 Å². The fourth-order valence-electron chi connectivity index (χ4n) is 1.52. The summed E-state index contributed by atoms with van der Waals surface area (Å²) in [5.74, 6) is -1.04. The third-order valence-electron chi connectivity index (χ3n) is 2.24. The molecule has 0 bridgehead atoms. The predicted molar refractivity (Wildman–Crippen MR) is 59.3 cm³/mol. The number of fused-ring (bicyclic) bond motifs is 1. The van der Waals surface area contributed by atoms with Crippen LogP contribution >= 0.6 is 0 Å². The summed E-state index contributed by atoms with van der Waals surface area (Å²) in [6.45, 7) is 1.30. The van der Waals surface area contributed by atoms with Gasteiger partial charge in [0.2, 0.25) is 0 Å². The van der Waals surface area contributed by atoms with Crippen LogP contribution < -0.4 is 0 Å². The van der Waals surface area contributed by atoms with Crippen LogP contribution in [0.5, 0.6) is 0 Å². The zero-order valence-electron chi connectivity index (χ0n) is 9.00. The van der Waals surface area contributed by atoms with E-state index in [4.69, 9.17) is 3.82 Å². The summed E-state index contributed by atoms with van der Waals surface area (Å²) in [6, 6.07) is 6.66. The molecule has 0 aromatic heterocycles. The number of amides is 2. The molecule has 0 spiro atoms. The summed E-state index contributed by atoms with van der Waals surface area (Å²) < 4.78 is 4.78. The molecule has 1 aliphatic heterocycles. The standard InChI is InChI=1S/C11H9NO4Se/c1-7(13)16-17-6-12-10(14)8-4-2-3-5-9(8)11(12)15/h2-5H,6H2,1H3. The summed E-state index contributed by atoms with van der Waals surface area (Å²) in [7, 11) is 0. The van der Waals surface area contributed by atoms with Crippen LogP contribution in [0.25, 0.3) is 0 Å². The van der Waals surface area contributed by atoms with Crippen LogP contribution in [0.2, 0.25) is 0 Å². The number of rotatable bonds is 3. The van der Waals surface area contributed by atoms with Crippen LogP contribution in [-0.4, -0.2) is 43.4 Å². The maximum atomic E-state index is 11.9. The van der Waals surface area contributed by atoms with Crippen molar-refractivity contribution in [2.24, 2.45) is 0 Å². The van der Waals surface area contributed by atoms with Gasteiger partial charge in [-0.05, 0) is 0 Å². The second-order valence-electron chi connectivity index (χ2n) is 3.41. The Morgan fingerprint density at radius 2 is 1.76 bits per heavy atom. The quantitative estimate of drug-likeness (QED) is 0.599. The molecule has 6 heteroatoms. The van der Waals surface area contributed by atoms with E-state index in [0.717, 1.165) is 4.90 Å². The van der Waals surface area contributed by atoms with Gasteiger partial charge in [0.05, 0.1) is 0 Å². The number of hydrogen-bond donors (Lipinski definition) is 0. The Labute approximate surface area is 104 Å². The minimum absolute atomic E-state index is 0.152. The Morgan fingerprint density at radius 3 is 2.24 bits per heavy atom. The molecule has 1 aromatic carbocycles. The summed E-state index contributed by atoms with van der Waals surface area (Å²) in [4.78, 5) is 35.4. The van der Waals surface area contributed by atoms with Gasteiger partial charge in [-0.25, -0.2) is 0 Å². The van der Waals surface area contributed by atoms with Gasteiger partial charge < -0.3 is 0 Å². The van der Waals surface area contributed by atoms with Crippen molar-refractivity contribution in [2.45, 2.75) is 6.92 Å². The fraction of sp³-hybridized carbons (Fsp3) is 0.182. The van der Waals surface area contributed by atoms with Crippen molar-refractivity contribution in [3.05, 3.63) is 35.4 Å². The molecule has 88 valence electrons. The normalized spacial score (nSPS) is 13.8. The second-order valence-corrected chi connectivity index (χ2v) is 4.79. The Bertz CT molecular complexity index is 465. The van der Waals surface area contributed by atoms with Gasteiger partial charge >= 0.3 is 104 Å². The van der Waals surface area contributed by atoms with E-state index in [2.05, 4.69) is 0 Å². The molecule has 1 aromatic rings. The molecule has 0 unspecified atom stereocenters. The number of imide groups is 1. The molecule has 5 nitrogen and oxygen atoms in total. The van der Waals surface area contributed by atoms with E-state index in [0.29, 0.717) is 11.1 Å². The number of benzene rings is 1. The first kappa shape index (κ1) is 11.8. The van der Waals surface area contributed by atoms with Crippen molar-refractivity contribution < 1.29 is 18.2 Å². The van der Waals surface area contributed by atoms with Crippen LogP contribution in [-0.2, 0) is 8.61 Å². The fourth-order valence-corrected chi connectivity index (χ4v) is 2.69. The number of carbonyl (C=O) groups excluding carboxylic acids is 3. The number of hydrogen-bond acceptors (Lipinski definition) is 4. The van der Waals surface area contributed by atoms with Gasteiger partial charge in [-0.2, -0.15) is 0 Å². The monoisotopic (exact) mass is 299 g/mol. The molecule has 0 aliphatic carbocycles. The van der Waals surface area contributed by atoms with E-state index in [9.17, 15) is 14.4 Å². The topological polar surface area (TPSA) is 63.7 Å². The molecule has 0 radical (unpaired) electrons. The van der Waals surface area contributed by atoms with Crippen molar-refractivity contribution in [3.63, 3.8) is 0 Å². The molecule has 0 saturated carbocycles. The van der Waals surface area contributed by atoms with Gasteiger partial charge in [0, 0.05) is 0 Å². The van der Waals surface area contributed by atoms with Gasteiger partial charge in [0.15, 0.2) is 0 Å². The Kier molecular flexibility index (Phi) is 3.26. The SMILES string of the molecule is CC(=O)O[Se]CN1C(=O)c2ccccc2C1=O. The van der Waals surface area contributed by atoms with E-state index in [1.165, 1.54) is 6.92 Å². The molecule has 1 aliphatic rings. The molecular formula is C11H9NO4Se. The third kappa shape index (κ3) is 2.23. The zero-order chi connectivity index (χ0) is 12.4. The molecule has 0 N–H and O–H groups in total. The van der Waals surface area contributed by atoms with E-state index in [1.54, 1.807) is 24.3 Å². The van der Waals surface area contributed by atoms with Crippen molar-refractivity contribution in [1.82, 2.24) is 4.90 Å². The summed E-state index contributed by atoms with van der Waals surface area (Å²) in [5.41, 5.74) is 0.978. The first-order valence-electron chi connectivity index (χ1n) is 4.86. The first-order valence-corrected chi connectivity index (χ1v) is 6.77. The number of carbonyl (C=O) groups is 3. The Morgan fingerprint density at radius 1 is 1.24 bits per heavy atom. The van der Waals surface area contributed by atoms with Crippen molar-refractivity contribution in [3.8, 4) is 0 Å². The van der Waals surface area contributed by atoms with E-state index in [1.807, 2.05) is 0 Å². The van der Waals surface area contributed by atoms with Gasteiger partial charge in [-0.15, -0.1) is 0 Å². The van der Waals surface area contributed by atoms with Gasteiger partial charge in [-0.3, -0.25) is 0 Å². The van der Waals surface area contributed by atoms with Gasteiger partial charge in [0.25, 0.3) is 0 Å². The van der Waals surface area contributed by atoms with Crippen LogP contribution in [0, 0.1) is 0 Å². The summed E-state index contributed by atoms with van der Waals surface area (Å²) in [6.07, 6.45) is 0. The molecule has 0 fully saturated rings. The van der Waals surface area contributed by atoms with Crippen molar-refractivity contribution in [2.75, 3.05) is 5.44 Å². The average molecular weight is 298 g/mol. The molecule has 17 heavy (non-hydrogen) atoms. The molecule has 0 saturated heterocycles. The molecule has 1 heterocycles. The van der Waals surface area contributed by atoms with Crippen molar-refractivity contribution in [1.29, 1.82) is 0 Å². The summed E-state index contributed by atoms with van der Waals surface area (Å²) >= 11 is -0.529. The van der Waals surface area contributed by atoms with Crippen LogP contribution in [0.3, 0.4) is 0 Å². The maximum absolute atomic E-state index is 11.9. The third-order valence-corrected chi connectivity index (χ3v) is 3.74. The van der Waals surface area contributed by atoms with E-state index >= 15 is 0 Å². The molecule has 0 atom stereocenters. The minimum atomic E-state index is -0.529. The van der Waals surface area contributed by atoms with Gasteiger partial charge in [0.1, 0.15) is 0 Å². The average Bonchev–Trinajstić information content (AvgIpc) is 2.54. The van der Waals surface area contributed by atoms with Gasteiger partial charge in [-0.1, -0.05) is 0 Å².